The highest BCUT2D eigenvalue weighted by Crippen LogP contribution is 2.33. The lowest BCUT2D eigenvalue weighted by Crippen LogP contribution is -2.35. The zero-order chi connectivity index (χ0) is 20.4. The number of aryl methyl sites for hydroxylation is 1. The van der Waals surface area contributed by atoms with Crippen LogP contribution in [0.4, 0.5) is 0 Å². The van der Waals surface area contributed by atoms with E-state index in [9.17, 15) is 19.5 Å². The number of aromatic hydroxyl groups is 1. The van der Waals surface area contributed by atoms with Gasteiger partial charge in [0.05, 0.1) is 10.5 Å². The minimum atomic E-state index is -1.27. The monoisotopic (exact) mass is 402 g/mol. The number of ether oxygens (including phenoxy) is 1. The third-order valence-electron chi connectivity index (χ3n) is 4.03. The minimum Gasteiger partial charge on any atom is -0.506 e. The van der Waals surface area contributed by atoms with Crippen LogP contribution in [0.5, 0.6) is 17.2 Å². The van der Waals surface area contributed by atoms with E-state index >= 15 is 0 Å². The van der Waals surface area contributed by atoms with Crippen molar-refractivity contribution in [2.24, 2.45) is 7.05 Å². The first kappa shape index (κ1) is 19.2. The molecule has 0 bridgehead atoms. The van der Waals surface area contributed by atoms with Crippen LogP contribution >= 0.6 is 11.6 Å². The zero-order valence-electron chi connectivity index (χ0n) is 14.6. The summed E-state index contributed by atoms with van der Waals surface area (Å²) in [5.74, 6) is -1.99. The van der Waals surface area contributed by atoms with Crippen molar-refractivity contribution in [1.29, 1.82) is 0 Å². The molecule has 1 aromatic heterocycles. The van der Waals surface area contributed by atoms with Gasteiger partial charge in [0.25, 0.3) is 11.5 Å². The average Bonchev–Trinajstić information content (AvgIpc) is 2.66. The SMILES string of the molecule is Cn1c(=O)c(C(=O)NCC(=O)O)c(O)c2ccc(Oc3ccccc3Cl)cc21. The highest BCUT2D eigenvalue weighted by atomic mass is 35.5. The van der Waals surface area contributed by atoms with E-state index in [4.69, 9.17) is 21.4 Å². The van der Waals surface area contributed by atoms with Crippen LogP contribution < -0.4 is 15.6 Å². The van der Waals surface area contributed by atoms with Crippen LogP contribution in [-0.2, 0) is 11.8 Å². The summed E-state index contributed by atoms with van der Waals surface area (Å²) in [5, 5.41) is 21.8. The molecule has 0 saturated heterocycles. The first-order chi connectivity index (χ1) is 13.3. The number of carboxylic acid groups (broad SMARTS) is 1. The second kappa shape index (κ2) is 7.61. The molecule has 0 aliphatic rings. The van der Waals surface area contributed by atoms with Gasteiger partial charge >= 0.3 is 5.97 Å². The topological polar surface area (TPSA) is 118 Å². The van der Waals surface area contributed by atoms with Gasteiger partial charge in [-0.1, -0.05) is 23.7 Å². The van der Waals surface area contributed by atoms with Crippen molar-refractivity contribution in [2.75, 3.05) is 6.54 Å². The number of nitrogens with zero attached hydrogens (tertiary/aromatic N) is 1. The fourth-order valence-electron chi connectivity index (χ4n) is 2.67. The molecule has 9 heteroatoms. The maximum absolute atomic E-state index is 12.5. The van der Waals surface area contributed by atoms with E-state index in [1.165, 1.54) is 23.7 Å². The number of pyridine rings is 1. The van der Waals surface area contributed by atoms with Crippen LogP contribution in [0.2, 0.25) is 5.02 Å². The summed E-state index contributed by atoms with van der Waals surface area (Å²) in [6.45, 7) is -0.677. The van der Waals surface area contributed by atoms with Gasteiger partial charge in [-0.2, -0.15) is 0 Å². The molecule has 144 valence electrons. The number of benzene rings is 2. The normalized spacial score (nSPS) is 10.6. The van der Waals surface area contributed by atoms with Gasteiger partial charge in [0.1, 0.15) is 29.4 Å². The van der Waals surface area contributed by atoms with E-state index in [0.29, 0.717) is 22.0 Å². The molecule has 0 aliphatic carbocycles. The molecule has 1 heterocycles. The van der Waals surface area contributed by atoms with Crippen LogP contribution in [0.15, 0.2) is 47.3 Å². The number of carbonyl (C=O) groups is 2. The second-order valence-electron chi connectivity index (χ2n) is 5.88. The first-order valence-electron chi connectivity index (χ1n) is 8.07. The van der Waals surface area contributed by atoms with Crippen molar-refractivity contribution in [3.05, 3.63) is 63.4 Å². The molecule has 8 nitrogen and oxygen atoms in total. The highest BCUT2D eigenvalue weighted by molar-refractivity contribution is 6.32. The number of para-hydroxylation sites is 1. The lowest BCUT2D eigenvalue weighted by Gasteiger charge is -2.13. The van der Waals surface area contributed by atoms with Gasteiger partial charge in [-0.3, -0.25) is 14.4 Å². The molecule has 1 amide bonds. The molecule has 0 radical (unpaired) electrons. The molecule has 2 aromatic carbocycles. The number of halogens is 1. The van der Waals surface area contributed by atoms with Gasteiger partial charge in [-0.05, 0) is 24.3 Å². The van der Waals surface area contributed by atoms with Gasteiger partial charge in [0.15, 0.2) is 0 Å². The van der Waals surface area contributed by atoms with Gasteiger partial charge in [-0.25, -0.2) is 0 Å². The van der Waals surface area contributed by atoms with Gasteiger partial charge < -0.3 is 24.8 Å². The van der Waals surface area contributed by atoms with E-state index in [1.807, 2.05) is 0 Å². The van der Waals surface area contributed by atoms with Gasteiger partial charge in [0.2, 0.25) is 0 Å². The fourth-order valence-corrected chi connectivity index (χ4v) is 2.84. The number of hydrogen-bond donors (Lipinski definition) is 3. The molecule has 28 heavy (non-hydrogen) atoms. The van der Waals surface area contributed by atoms with E-state index in [1.54, 1.807) is 30.3 Å². The quantitative estimate of drug-likeness (QED) is 0.603. The molecular weight excluding hydrogens is 388 g/mol. The van der Waals surface area contributed by atoms with Crippen LogP contribution in [0.3, 0.4) is 0 Å². The molecular formula is C19H15ClN2O6. The second-order valence-corrected chi connectivity index (χ2v) is 6.28. The van der Waals surface area contributed by atoms with Crippen molar-refractivity contribution < 1.29 is 24.5 Å². The average molecular weight is 403 g/mol. The predicted molar refractivity (Wildman–Crippen MR) is 102 cm³/mol. The molecule has 0 spiro atoms. The number of aromatic nitrogens is 1. The van der Waals surface area contributed by atoms with Crippen LogP contribution in [-0.4, -0.2) is 33.2 Å². The summed E-state index contributed by atoms with van der Waals surface area (Å²) < 4.78 is 6.89. The standard InChI is InChI=1S/C19H15ClN2O6/c1-22-13-8-10(28-14-5-3-2-4-12(14)20)6-7-11(13)17(25)16(19(22)27)18(26)21-9-15(23)24/h2-8,25H,9H2,1H3,(H,21,26)(H,23,24). The number of hydrogen-bond acceptors (Lipinski definition) is 5. The Labute approximate surface area is 163 Å². The molecule has 0 fully saturated rings. The number of carbonyl (C=O) groups excluding carboxylic acids is 1. The number of carboxylic acids is 1. The van der Waals surface area contributed by atoms with Crippen molar-refractivity contribution >= 4 is 34.4 Å². The summed E-state index contributed by atoms with van der Waals surface area (Å²) >= 11 is 6.08. The minimum absolute atomic E-state index is 0.231. The number of aliphatic carboxylic acids is 1. The summed E-state index contributed by atoms with van der Waals surface area (Å²) in [5.41, 5.74) is -0.986. The first-order valence-corrected chi connectivity index (χ1v) is 8.45. The largest absolute Gasteiger partial charge is 0.506 e. The molecule has 0 atom stereocenters. The van der Waals surface area contributed by atoms with Crippen LogP contribution in [0.1, 0.15) is 10.4 Å². The van der Waals surface area contributed by atoms with Crippen LogP contribution in [0.25, 0.3) is 10.9 Å². The Morgan fingerprint density at radius 1 is 1.21 bits per heavy atom. The summed E-state index contributed by atoms with van der Waals surface area (Å²) in [6.07, 6.45) is 0. The Morgan fingerprint density at radius 3 is 2.61 bits per heavy atom. The third-order valence-corrected chi connectivity index (χ3v) is 4.34. The van der Waals surface area contributed by atoms with E-state index in [0.717, 1.165) is 0 Å². The molecule has 0 saturated carbocycles. The van der Waals surface area contributed by atoms with Crippen molar-refractivity contribution in [3.63, 3.8) is 0 Å². The number of fused-ring (bicyclic) bond motifs is 1. The van der Waals surface area contributed by atoms with Crippen molar-refractivity contribution in [1.82, 2.24) is 9.88 Å². The van der Waals surface area contributed by atoms with Crippen molar-refractivity contribution in [2.45, 2.75) is 0 Å². The maximum atomic E-state index is 12.5. The number of rotatable bonds is 5. The Morgan fingerprint density at radius 2 is 1.93 bits per heavy atom. The summed E-state index contributed by atoms with van der Waals surface area (Å²) in [6, 6.07) is 11.4. The van der Waals surface area contributed by atoms with Crippen molar-refractivity contribution in [3.8, 4) is 17.2 Å². The lowest BCUT2D eigenvalue weighted by molar-refractivity contribution is -0.135. The van der Waals surface area contributed by atoms with E-state index in [2.05, 4.69) is 5.32 Å². The smallest absolute Gasteiger partial charge is 0.322 e. The number of nitrogens with one attached hydrogen (secondary N) is 1. The zero-order valence-corrected chi connectivity index (χ0v) is 15.4. The van der Waals surface area contributed by atoms with E-state index < -0.39 is 35.3 Å². The third kappa shape index (κ3) is 3.63. The number of amides is 1. The molecule has 0 aliphatic heterocycles. The van der Waals surface area contributed by atoms with Gasteiger partial charge in [-0.15, -0.1) is 0 Å². The molecule has 0 unspecified atom stereocenters. The van der Waals surface area contributed by atoms with E-state index in [-0.39, 0.29) is 5.39 Å². The Balaban J connectivity index is 2.06. The highest BCUT2D eigenvalue weighted by Gasteiger charge is 2.22. The Bertz CT molecular complexity index is 1160. The predicted octanol–water partition coefficient (Wildman–Crippen LogP) is 2.50. The summed E-state index contributed by atoms with van der Waals surface area (Å²) in [7, 11) is 1.43. The Kier molecular flexibility index (Phi) is 5.23. The molecule has 3 rings (SSSR count). The maximum Gasteiger partial charge on any atom is 0.322 e. The molecule has 3 N–H and O–H groups in total. The summed E-state index contributed by atoms with van der Waals surface area (Å²) in [4.78, 5) is 35.3. The fraction of sp³-hybridized carbons (Fsp3) is 0.105. The lowest BCUT2D eigenvalue weighted by atomic mass is 10.1. The molecule has 3 aromatic rings. The Hall–Kier alpha value is -3.52. The van der Waals surface area contributed by atoms with Crippen LogP contribution in [0, 0.1) is 0 Å². The van der Waals surface area contributed by atoms with Gasteiger partial charge in [0, 0.05) is 18.5 Å².